The Kier molecular flexibility index (Phi) is 5.44. The summed E-state index contributed by atoms with van der Waals surface area (Å²) >= 11 is 0. The number of piperidine rings is 1. The summed E-state index contributed by atoms with van der Waals surface area (Å²) in [6.45, 7) is 1.86. The second-order valence-electron chi connectivity index (χ2n) is 7.78. The number of benzene rings is 1. The van der Waals surface area contributed by atoms with Crippen molar-refractivity contribution < 1.29 is 13.6 Å². The fourth-order valence-corrected chi connectivity index (χ4v) is 4.32. The lowest BCUT2D eigenvalue weighted by Crippen LogP contribution is -2.38. The first-order chi connectivity index (χ1) is 13.5. The van der Waals surface area contributed by atoms with Gasteiger partial charge in [0.25, 0.3) is 5.91 Å². The number of rotatable bonds is 4. The average molecular weight is 388 g/mol. The molecule has 1 aromatic carbocycles. The summed E-state index contributed by atoms with van der Waals surface area (Å²) in [5.41, 5.74) is 2.99. The number of amides is 1. The summed E-state index contributed by atoms with van der Waals surface area (Å²) in [4.78, 5) is 14.9. The molecule has 1 atom stereocenters. The molecule has 1 aliphatic heterocycles. The predicted molar refractivity (Wildman–Crippen MR) is 102 cm³/mol. The molecule has 1 aromatic heterocycles. The molecule has 7 heteroatoms. The molecule has 0 radical (unpaired) electrons. The number of carbonyl (C=O) groups is 1. The summed E-state index contributed by atoms with van der Waals surface area (Å²) < 4.78 is 29.1. The number of carbonyl (C=O) groups excluding carboxylic acids is 1. The number of hydrogen-bond donors (Lipinski definition) is 1. The molecule has 0 spiro atoms. The highest BCUT2D eigenvalue weighted by molar-refractivity contribution is 5.94. The van der Waals surface area contributed by atoms with Crippen LogP contribution in [0, 0.1) is 11.6 Å². The third-order valence-corrected chi connectivity index (χ3v) is 5.91. The van der Waals surface area contributed by atoms with E-state index in [4.69, 9.17) is 0 Å². The van der Waals surface area contributed by atoms with Crippen molar-refractivity contribution in [2.24, 2.45) is 7.05 Å². The highest BCUT2D eigenvalue weighted by Crippen LogP contribution is 2.26. The van der Waals surface area contributed by atoms with Gasteiger partial charge in [0.1, 0.15) is 0 Å². The first-order valence-electron chi connectivity index (χ1n) is 10.0. The maximum Gasteiger partial charge on any atom is 0.274 e. The van der Waals surface area contributed by atoms with Crippen molar-refractivity contribution in [1.29, 1.82) is 0 Å². The lowest BCUT2D eigenvalue weighted by atomic mass is 9.90. The third-order valence-electron chi connectivity index (χ3n) is 5.91. The predicted octanol–water partition coefficient (Wildman–Crippen LogP) is 2.97. The fraction of sp³-hybridized carbons (Fsp3) is 0.524. The van der Waals surface area contributed by atoms with E-state index >= 15 is 0 Å². The van der Waals surface area contributed by atoms with E-state index in [1.54, 1.807) is 6.07 Å². The molecular formula is C21H26F2N4O. The van der Waals surface area contributed by atoms with E-state index in [1.165, 1.54) is 12.5 Å². The van der Waals surface area contributed by atoms with Crippen molar-refractivity contribution in [1.82, 2.24) is 20.0 Å². The lowest BCUT2D eigenvalue weighted by molar-refractivity contribution is 0.0716. The maximum absolute atomic E-state index is 13.9. The zero-order chi connectivity index (χ0) is 19.7. The van der Waals surface area contributed by atoms with Gasteiger partial charge in [0.15, 0.2) is 17.3 Å². The third kappa shape index (κ3) is 3.68. The normalized spacial score (nSPS) is 19.5. The average Bonchev–Trinajstić information content (AvgIpc) is 3.05. The van der Waals surface area contributed by atoms with Crippen molar-refractivity contribution >= 4 is 5.91 Å². The van der Waals surface area contributed by atoms with Gasteiger partial charge in [-0.2, -0.15) is 5.10 Å². The number of aromatic nitrogens is 2. The van der Waals surface area contributed by atoms with Crippen LogP contribution in [0.2, 0.25) is 0 Å². The molecule has 1 amide bonds. The van der Waals surface area contributed by atoms with Gasteiger partial charge in [-0.1, -0.05) is 12.1 Å². The molecule has 5 nitrogen and oxygen atoms in total. The molecule has 150 valence electrons. The monoisotopic (exact) mass is 388 g/mol. The van der Waals surface area contributed by atoms with Gasteiger partial charge in [-0.25, -0.2) is 8.78 Å². The molecule has 2 aliphatic rings. The van der Waals surface area contributed by atoms with Crippen LogP contribution in [0.3, 0.4) is 0 Å². The van der Waals surface area contributed by atoms with Gasteiger partial charge in [0.2, 0.25) is 0 Å². The van der Waals surface area contributed by atoms with Crippen LogP contribution in [0.4, 0.5) is 8.78 Å². The van der Waals surface area contributed by atoms with Gasteiger partial charge in [0, 0.05) is 49.5 Å². The molecule has 0 bridgehead atoms. The number of nitrogens with zero attached hydrogens (tertiary/aromatic N) is 3. The number of likely N-dealkylation sites (tertiary alicyclic amines) is 1. The standard InChI is InChI=1S/C21H26F2N4O/c1-26-18-9-8-15(24-13-14-6-5-7-17(22)19(14)23)12-16(18)20(25-26)21(28)27-10-3-2-4-11-27/h5-7,15,24H,2-4,8-13H2,1H3. The van der Waals surface area contributed by atoms with E-state index in [9.17, 15) is 13.6 Å². The van der Waals surface area contributed by atoms with Crippen LogP contribution in [0.1, 0.15) is 53.0 Å². The Morgan fingerprint density at radius 2 is 2.04 bits per heavy atom. The SMILES string of the molecule is Cn1nc(C(=O)N2CCCCC2)c2c1CCC(NCc1cccc(F)c1F)C2. The second kappa shape index (κ2) is 7.99. The highest BCUT2D eigenvalue weighted by Gasteiger charge is 2.30. The van der Waals surface area contributed by atoms with Gasteiger partial charge < -0.3 is 10.2 Å². The molecule has 1 N–H and O–H groups in total. The maximum atomic E-state index is 13.9. The molecule has 2 aromatic rings. The molecule has 1 saturated heterocycles. The minimum absolute atomic E-state index is 0.0216. The lowest BCUT2D eigenvalue weighted by Gasteiger charge is -2.27. The Morgan fingerprint density at radius 1 is 1.25 bits per heavy atom. The van der Waals surface area contributed by atoms with Crippen LogP contribution in [0.15, 0.2) is 18.2 Å². The minimum Gasteiger partial charge on any atom is -0.337 e. The van der Waals surface area contributed by atoms with Gasteiger partial charge in [-0.3, -0.25) is 9.48 Å². The zero-order valence-corrected chi connectivity index (χ0v) is 16.2. The summed E-state index contributed by atoms with van der Waals surface area (Å²) in [6, 6.07) is 4.34. The molecule has 28 heavy (non-hydrogen) atoms. The first kappa shape index (κ1) is 19.1. The molecule has 1 unspecified atom stereocenters. The Bertz CT molecular complexity index is 874. The molecular weight excluding hydrogens is 362 g/mol. The van der Waals surface area contributed by atoms with Crippen molar-refractivity contribution in [3.05, 3.63) is 52.3 Å². The quantitative estimate of drug-likeness (QED) is 0.876. The number of fused-ring (bicyclic) bond motifs is 1. The number of hydrogen-bond acceptors (Lipinski definition) is 3. The van der Waals surface area contributed by atoms with Crippen LogP contribution < -0.4 is 5.32 Å². The van der Waals surface area contributed by atoms with Crippen molar-refractivity contribution in [2.75, 3.05) is 13.1 Å². The van der Waals surface area contributed by atoms with E-state index in [0.29, 0.717) is 17.7 Å². The van der Waals surface area contributed by atoms with Gasteiger partial charge in [-0.15, -0.1) is 0 Å². The largest absolute Gasteiger partial charge is 0.337 e. The Morgan fingerprint density at radius 3 is 2.82 bits per heavy atom. The molecule has 4 rings (SSSR count). The summed E-state index contributed by atoms with van der Waals surface area (Å²) in [5.74, 6) is -1.60. The highest BCUT2D eigenvalue weighted by atomic mass is 19.2. The molecule has 2 heterocycles. The second-order valence-corrected chi connectivity index (χ2v) is 7.78. The van der Waals surface area contributed by atoms with Crippen LogP contribution in [-0.4, -0.2) is 39.7 Å². The summed E-state index contributed by atoms with van der Waals surface area (Å²) in [7, 11) is 1.89. The van der Waals surface area contributed by atoms with Crippen molar-refractivity contribution in [3.63, 3.8) is 0 Å². The van der Waals surface area contributed by atoms with E-state index in [-0.39, 0.29) is 18.5 Å². The van der Waals surface area contributed by atoms with Crippen LogP contribution in [-0.2, 0) is 26.4 Å². The fourth-order valence-electron chi connectivity index (χ4n) is 4.32. The Hall–Kier alpha value is -2.28. The van der Waals surface area contributed by atoms with Gasteiger partial charge >= 0.3 is 0 Å². The summed E-state index contributed by atoms with van der Waals surface area (Å²) in [6.07, 6.45) is 5.63. The first-order valence-corrected chi connectivity index (χ1v) is 10.0. The molecule has 1 fully saturated rings. The van der Waals surface area contributed by atoms with Crippen LogP contribution in [0.25, 0.3) is 0 Å². The molecule has 0 saturated carbocycles. The Labute approximate surface area is 163 Å². The van der Waals surface area contributed by atoms with E-state index < -0.39 is 11.6 Å². The summed E-state index contributed by atoms with van der Waals surface area (Å²) in [5, 5.41) is 7.87. The van der Waals surface area contributed by atoms with Crippen molar-refractivity contribution in [3.8, 4) is 0 Å². The number of nitrogens with one attached hydrogen (secondary N) is 1. The number of aryl methyl sites for hydroxylation is 1. The zero-order valence-electron chi connectivity index (χ0n) is 16.2. The molecule has 1 aliphatic carbocycles. The topological polar surface area (TPSA) is 50.2 Å². The van der Waals surface area contributed by atoms with Gasteiger partial charge in [0.05, 0.1) is 0 Å². The van der Waals surface area contributed by atoms with Crippen molar-refractivity contribution in [2.45, 2.75) is 51.1 Å². The van der Waals surface area contributed by atoms with Gasteiger partial charge in [-0.05, 0) is 44.6 Å². The van der Waals surface area contributed by atoms with E-state index in [1.807, 2.05) is 16.6 Å². The minimum atomic E-state index is -0.827. The smallest absolute Gasteiger partial charge is 0.274 e. The number of halogens is 2. The van der Waals surface area contributed by atoms with Crippen LogP contribution >= 0.6 is 0 Å². The Balaban J connectivity index is 1.48. The van der Waals surface area contributed by atoms with E-state index in [2.05, 4.69) is 10.4 Å². The van der Waals surface area contributed by atoms with Crippen LogP contribution in [0.5, 0.6) is 0 Å². The van der Waals surface area contributed by atoms with E-state index in [0.717, 1.165) is 56.1 Å².